The number of carbonyl (C=O) groups is 1. The van der Waals surface area contributed by atoms with Gasteiger partial charge in [0.05, 0.1) is 0 Å². The number of carbonyl (C=O) groups excluding carboxylic acids is 2. The van der Waals surface area contributed by atoms with Gasteiger partial charge in [-0.15, -0.1) is 0 Å². The summed E-state index contributed by atoms with van der Waals surface area (Å²) >= 11 is 0. The maximum absolute atomic E-state index is 11.2. The van der Waals surface area contributed by atoms with Gasteiger partial charge in [-0.25, -0.2) is 4.79 Å². The van der Waals surface area contributed by atoms with Gasteiger partial charge in [0.2, 0.25) is 0 Å². The minimum absolute atomic E-state index is 0.213. The first kappa shape index (κ1) is 11.2. The maximum Gasteiger partial charge on any atom is 0.328 e. The number of hydrogen-bond acceptors (Lipinski definition) is 3. The van der Waals surface area contributed by atoms with E-state index in [0.29, 0.717) is 0 Å². The zero-order valence-electron chi connectivity index (χ0n) is 8.40. The van der Waals surface area contributed by atoms with E-state index >= 15 is 0 Å². The largest absolute Gasteiger partial charge is 0.459 e. The Morgan fingerprint density at radius 2 is 2.13 bits per heavy atom. The molecule has 1 atom stereocenters. The van der Waals surface area contributed by atoms with Crippen LogP contribution in [0.3, 0.4) is 0 Å². The maximum atomic E-state index is 11.2. The summed E-state index contributed by atoms with van der Waals surface area (Å²) in [5.41, 5.74) is 0.910. The normalized spacial score (nSPS) is 11.5. The van der Waals surface area contributed by atoms with Crippen LogP contribution in [0.5, 0.6) is 0 Å². The average molecular weight is 206 g/mol. The van der Waals surface area contributed by atoms with Crippen LogP contribution in [0.15, 0.2) is 30.3 Å². The second-order valence-corrected chi connectivity index (χ2v) is 3.06. The molecule has 0 aromatic heterocycles. The van der Waals surface area contributed by atoms with Crippen LogP contribution < -0.4 is 5.32 Å². The van der Waals surface area contributed by atoms with Crippen LogP contribution >= 0.6 is 0 Å². The highest BCUT2D eigenvalue weighted by atomic mass is 16.5. The molecule has 1 aromatic carbocycles. The standard InChI is InChI=1S/C11H12NO3/c1-9(12-8-13)11(14)15-7-10-5-3-2-4-6-10/h2-6,9H,7H2,1H3,(H,12,13). The van der Waals surface area contributed by atoms with Crippen molar-refractivity contribution in [2.24, 2.45) is 0 Å². The molecule has 0 saturated heterocycles. The van der Waals surface area contributed by atoms with Crippen molar-refractivity contribution in [1.29, 1.82) is 0 Å². The first-order valence-electron chi connectivity index (χ1n) is 4.57. The number of hydrogen-bond donors (Lipinski definition) is 1. The van der Waals surface area contributed by atoms with Crippen LogP contribution in [0, 0.1) is 0 Å². The van der Waals surface area contributed by atoms with Gasteiger partial charge < -0.3 is 10.1 Å². The van der Waals surface area contributed by atoms with Gasteiger partial charge >= 0.3 is 12.4 Å². The second-order valence-electron chi connectivity index (χ2n) is 3.06. The predicted molar refractivity (Wildman–Crippen MR) is 54.5 cm³/mol. The Bertz CT molecular complexity index is 324. The van der Waals surface area contributed by atoms with E-state index in [9.17, 15) is 9.59 Å². The Morgan fingerprint density at radius 3 is 2.73 bits per heavy atom. The van der Waals surface area contributed by atoms with E-state index < -0.39 is 12.0 Å². The lowest BCUT2D eigenvalue weighted by Gasteiger charge is -2.09. The van der Waals surface area contributed by atoms with Crippen LogP contribution in [0.4, 0.5) is 0 Å². The molecule has 0 heterocycles. The van der Waals surface area contributed by atoms with E-state index in [-0.39, 0.29) is 6.61 Å². The van der Waals surface area contributed by atoms with Crippen LogP contribution in [-0.4, -0.2) is 18.4 Å². The van der Waals surface area contributed by atoms with E-state index in [4.69, 9.17) is 4.74 Å². The molecule has 1 N–H and O–H groups in total. The molecule has 1 aromatic rings. The van der Waals surface area contributed by atoms with Gasteiger partial charge in [-0.2, -0.15) is 0 Å². The van der Waals surface area contributed by atoms with Gasteiger partial charge in [-0.3, -0.25) is 4.79 Å². The molecule has 0 aliphatic rings. The predicted octanol–water partition coefficient (Wildman–Crippen LogP) is 0.775. The molecule has 4 heteroatoms. The topological polar surface area (TPSA) is 55.4 Å². The van der Waals surface area contributed by atoms with Gasteiger partial charge in [0.25, 0.3) is 0 Å². The summed E-state index contributed by atoms with van der Waals surface area (Å²) in [6.07, 6.45) is 1.45. The Hall–Kier alpha value is -1.84. The van der Waals surface area contributed by atoms with Crippen molar-refractivity contribution in [1.82, 2.24) is 5.32 Å². The smallest absolute Gasteiger partial charge is 0.328 e. The fourth-order valence-electron chi connectivity index (χ4n) is 1.00. The molecular weight excluding hydrogens is 194 g/mol. The molecule has 0 spiro atoms. The highest BCUT2D eigenvalue weighted by Gasteiger charge is 2.12. The van der Waals surface area contributed by atoms with Crippen molar-refractivity contribution in [3.8, 4) is 0 Å². The minimum Gasteiger partial charge on any atom is -0.459 e. The summed E-state index contributed by atoms with van der Waals surface area (Å²) < 4.78 is 4.96. The number of amides is 1. The summed E-state index contributed by atoms with van der Waals surface area (Å²) in [7, 11) is 0. The van der Waals surface area contributed by atoms with Crippen molar-refractivity contribution >= 4 is 12.4 Å². The monoisotopic (exact) mass is 206 g/mol. The SMILES string of the molecule is CC(N[C]=O)C(=O)OCc1ccccc1. The molecule has 0 aliphatic heterocycles. The third kappa shape index (κ3) is 3.81. The number of rotatable bonds is 5. The Morgan fingerprint density at radius 1 is 1.47 bits per heavy atom. The fourth-order valence-corrected chi connectivity index (χ4v) is 1.00. The Kier molecular flexibility index (Phi) is 4.34. The van der Waals surface area contributed by atoms with Crippen LogP contribution in [0.1, 0.15) is 12.5 Å². The van der Waals surface area contributed by atoms with Crippen molar-refractivity contribution in [3.05, 3.63) is 35.9 Å². The Balaban J connectivity index is 2.37. The number of esters is 1. The molecule has 0 bridgehead atoms. The zero-order valence-corrected chi connectivity index (χ0v) is 8.40. The highest BCUT2D eigenvalue weighted by Crippen LogP contribution is 2.01. The molecule has 79 valence electrons. The van der Waals surface area contributed by atoms with Crippen LogP contribution in [0.25, 0.3) is 0 Å². The van der Waals surface area contributed by atoms with Gasteiger partial charge in [0.15, 0.2) is 0 Å². The lowest BCUT2D eigenvalue weighted by atomic mass is 10.2. The van der Waals surface area contributed by atoms with Gasteiger partial charge in [-0.1, -0.05) is 30.3 Å². The van der Waals surface area contributed by atoms with Crippen molar-refractivity contribution in [2.45, 2.75) is 19.6 Å². The molecule has 1 unspecified atom stereocenters. The summed E-state index contributed by atoms with van der Waals surface area (Å²) in [5.74, 6) is -0.470. The molecular formula is C11H12NO3. The summed E-state index contributed by atoms with van der Waals surface area (Å²) in [4.78, 5) is 21.2. The molecule has 1 rings (SSSR count). The second kappa shape index (κ2) is 5.80. The third-order valence-corrected chi connectivity index (χ3v) is 1.85. The molecule has 4 nitrogen and oxygen atoms in total. The molecule has 1 amide bonds. The Labute approximate surface area is 88.2 Å². The number of benzene rings is 1. The van der Waals surface area contributed by atoms with Crippen molar-refractivity contribution in [3.63, 3.8) is 0 Å². The lowest BCUT2D eigenvalue weighted by Crippen LogP contribution is -2.34. The third-order valence-electron chi connectivity index (χ3n) is 1.85. The molecule has 0 aliphatic carbocycles. The van der Waals surface area contributed by atoms with E-state index in [0.717, 1.165) is 5.56 Å². The van der Waals surface area contributed by atoms with Crippen molar-refractivity contribution in [2.75, 3.05) is 0 Å². The fraction of sp³-hybridized carbons (Fsp3) is 0.273. The molecule has 15 heavy (non-hydrogen) atoms. The van der Waals surface area contributed by atoms with Crippen LogP contribution in [0.2, 0.25) is 0 Å². The van der Waals surface area contributed by atoms with E-state index in [1.807, 2.05) is 30.3 Å². The first-order valence-corrected chi connectivity index (χ1v) is 4.57. The molecule has 1 radical (unpaired) electrons. The van der Waals surface area contributed by atoms with Crippen molar-refractivity contribution < 1.29 is 14.3 Å². The average Bonchev–Trinajstić information content (AvgIpc) is 2.27. The van der Waals surface area contributed by atoms with Crippen LogP contribution in [-0.2, 0) is 20.9 Å². The summed E-state index contributed by atoms with van der Waals surface area (Å²) in [6.45, 7) is 1.75. The zero-order chi connectivity index (χ0) is 11.1. The summed E-state index contributed by atoms with van der Waals surface area (Å²) in [5, 5.41) is 2.20. The lowest BCUT2D eigenvalue weighted by molar-refractivity contribution is -0.146. The van der Waals surface area contributed by atoms with Gasteiger partial charge in [0, 0.05) is 0 Å². The summed E-state index contributed by atoms with van der Waals surface area (Å²) in [6, 6.07) is 8.67. The van der Waals surface area contributed by atoms with Gasteiger partial charge in [-0.05, 0) is 12.5 Å². The first-order chi connectivity index (χ1) is 7.24. The van der Waals surface area contributed by atoms with E-state index in [1.165, 1.54) is 13.3 Å². The number of ether oxygens (including phenoxy) is 1. The van der Waals surface area contributed by atoms with E-state index in [2.05, 4.69) is 5.32 Å². The van der Waals surface area contributed by atoms with Gasteiger partial charge in [0.1, 0.15) is 12.6 Å². The molecule has 0 fully saturated rings. The number of nitrogens with one attached hydrogen (secondary N) is 1. The molecule has 0 saturated carbocycles. The minimum atomic E-state index is -0.661. The van der Waals surface area contributed by atoms with E-state index in [1.54, 1.807) is 0 Å². The quantitative estimate of drug-likeness (QED) is 0.572. The highest BCUT2D eigenvalue weighted by molar-refractivity contribution is 5.77.